The highest BCUT2D eigenvalue weighted by Crippen LogP contribution is 2.33. The summed E-state index contributed by atoms with van der Waals surface area (Å²) in [6.07, 6.45) is 0. The Hall–Kier alpha value is -3.65. The van der Waals surface area contributed by atoms with Gasteiger partial charge < -0.3 is 18.6 Å². The van der Waals surface area contributed by atoms with Gasteiger partial charge in [0.25, 0.3) is 0 Å². The van der Waals surface area contributed by atoms with Crippen molar-refractivity contribution in [1.82, 2.24) is 4.98 Å². The van der Waals surface area contributed by atoms with Gasteiger partial charge in [0.15, 0.2) is 17.2 Å². The highest BCUT2D eigenvalue weighted by molar-refractivity contribution is 7.13. The van der Waals surface area contributed by atoms with Crippen LogP contribution in [0.15, 0.2) is 51.0 Å². The Morgan fingerprint density at radius 3 is 2.53 bits per heavy atom. The van der Waals surface area contributed by atoms with Crippen molar-refractivity contribution in [2.45, 2.75) is 20.5 Å². The van der Waals surface area contributed by atoms with Gasteiger partial charge in [0.2, 0.25) is 0 Å². The van der Waals surface area contributed by atoms with E-state index in [0.29, 0.717) is 27.7 Å². The summed E-state index contributed by atoms with van der Waals surface area (Å²) in [5, 5.41) is 3.03. The molecule has 0 aliphatic rings. The minimum absolute atomic E-state index is 0.0628. The third kappa shape index (κ3) is 4.22. The highest BCUT2D eigenvalue weighted by Gasteiger charge is 2.16. The molecule has 2 aromatic heterocycles. The first-order valence-electron chi connectivity index (χ1n) is 9.78. The van der Waals surface area contributed by atoms with E-state index in [4.69, 9.17) is 18.6 Å². The van der Waals surface area contributed by atoms with E-state index in [-0.39, 0.29) is 12.3 Å². The van der Waals surface area contributed by atoms with E-state index >= 15 is 0 Å². The van der Waals surface area contributed by atoms with Crippen LogP contribution in [0, 0.1) is 13.8 Å². The maximum Gasteiger partial charge on any atom is 0.358 e. The van der Waals surface area contributed by atoms with Gasteiger partial charge in [-0.25, -0.2) is 14.6 Å². The average Bonchev–Trinajstić information content (AvgIpc) is 3.28. The van der Waals surface area contributed by atoms with Crippen LogP contribution in [0.4, 0.5) is 0 Å². The fourth-order valence-electron chi connectivity index (χ4n) is 3.29. The fourth-order valence-corrected chi connectivity index (χ4v) is 4.08. The van der Waals surface area contributed by atoms with Gasteiger partial charge in [0.1, 0.15) is 17.2 Å². The number of hydrogen-bond donors (Lipinski definition) is 0. The summed E-state index contributed by atoms with van der Waals surface area (Å²) >= 11 is 1.32. The molecule has 0 atom stereocenters. The Bertz CT molecular complexity index is 1370. The molecule has 0 saturated carbocycles. The monoisotopic (exact) mass is 451 g/mol. The average molecular weight is 452 g/mol. The Kier molecular flexibility index (Phi) is 5.96. The van der Waals surface area contributed by atoms with Gasteiger partial charge in [0.05, 0.1) is 14.2 Å². The molecule has 0 fully saturated rings. The van der Waals surface area contributed by atoms with Gasteiger partial charge in [-0.3, -0.25) is 0 Å². The molecule has 4 aromatic rings. The van der Waals surface area contributed by atoms with Crippen molar-refractivity contribution in [2.75, 3.05) is 14.2 Å². The number of carbonyl (C=O) groups excluding carboxylic acids is 1. The van der Waals surface area contributed by atoms with E-state index in [9.17, 15) is 9.59 Å². The standard InChI is InChI=1S/C24H21NO6S/c1-13-7-17-16(10-22(26)31-20(17)8-14(13)2)11-30-24(27)18-12-32-23(25-18)15-5-6-19(28-3)21(9-15)29-4/h5-10,12H,11H2,1-4H3. The second kappa shape index (κ2) is 8.84. The molecule has 0 aliphatic carbocycles. The first kappa shape index (κ1) is 21.6. The van der Waals surface area contributed by atoms with Crippen LogP contribution in [-0.2, 0) is 11.3 Å². The Morgan fingerprint density at radius 1 is 1.03 bits per heavy atom. The van der Waals surface area contributed by atoms with Gasteiger partial charge in [-0.1, -0.05) is 0 Å². The van der Waals surface area contributed by atoms with E-state index in [1.807, 2.05) is 32.0 Å². The number of thiazole rings is 1. The van der Waals surface area contributed by atoms with Gasteiger partial charge in [-0.05, 0) is 55.3 Å². The van der Waals surface area contributed by atoms with Crippen LogP contribution in [0.3, 0.4) is 0 Å². The predicted octanol–water partition coefficient (Wildman–Crippen LogP) is 4.91. The number of benzene rings is 2. The number of methoxy groups -OCH3 is 2. The number of aryl methyl sites for hydroxylation is 2. The summed E-state index contributed by atoms with van der Waals surface area (Å²) in [7, 11) is 3.13. The second-order valence-electron chi connectivity index (χ2n) is 7.21. The number of nitrogens with zero attached hydrogens (tertiary/aromatic N) is 1. The largest absolute Gasteiger partial charge is 0.493 e. The van der Waals surface area contributed by atoms with Crippen molar-refractivity contribution in [1.29, 1.82) is 0 Å². The lowest BCUT2D eigenvalue weighted by molar-refractivity contribution is 0.0468. The zero-order valence-electron chi connectivity index (χ0n) is 18.1. The van der Waals surface area contributed by atoms with Crippen molar-refractivity contribution in [3.05, 3.63) is 74.6 Å². The summed E-state index contributed by atoms with van der Waals surface area (Å²) in [5.41, 5.74) is 3.62. The molecule has 0 aliphatic heterocycles. The van der Waals surface area contributed by atoms with Crippen LogP contribution in [-0.4, -0.2) is 25.2 Å². The van der Waals surface area contributed by atoms with Crippen LogP contribution >= 0.6 is 11.3 Å². The third-order valence-electron chi connectivity index (χ3n) is 5.15. The third-order valence-corrected chi connectivity index (χ3v) is 6.04. The summed E-state index contributed by atoms with van der Waals surface area (Å²) < 4.78 is 21.3. The number of ether oxygens (including phenoxy) is 3. The van der Waals surface area contributed by atoms with Gasteiger partial charge in [-0.2, -0.15) is 0 Å². The quantitative estimate of drug-likeness (QED) is 0.304. The maximum absolute atomic E-state index is 12.6. The molecule has 0 radical (unpaired) electrons. The van der Waals surface area contributed by atoms with Crippen LogP contribution in [0.25, 0.3) is 21.5 Å². The highest BCUT2D eigenvalue weighted by atomic mass is 32.1. The van der Waals surface area contributed by atoms with Gasteiger partial charge in [-0.15, -0.1) is 11.3 Å². The summed E-state index contributed by atoms with van der Waals surface area (Å²) in [6.45, 7) is 3.85. The van der Waals surface area contributed by atoms with Crippen molar-refractivity contribution in [2.24, 2.45) is 0 Å². The summed E-state index contributed by atoms with van der Waals surface area (Å²) in [4.78, 5) is 28.9. The molecule has 7 nitrogen and oxygen atoms in total. The predicted molar refractivity (Wildman–Crippen MR) is 122 cm³/mol. The topological polar surface area (TPSA) is 87.9 Å². The van der Waals surface area contributed by atoms with Crippen LogP contribution < -0.4 is 15.1 Å². The lowest BCUT2D eigenvalue weighted by atomic mass is 10.0. The number of aromatic nitrogens is 1. The maximum atomic E-state index is 12.6. The lowest BCUT2D eigenvalue weighted by Gasteiger charge is -2.09. The molecular weight excluding hydrogens is 430 g/mol. The molecule has 164 valence electrons. The molecule has 0 N–H and O–H groups in total. The molecule has 0 saturated heterocycles. The Labute approximate surface area is 188 Å². The Morgan fingerprint density at radius 2 is 1.78 bits per heavy atom. The van der Waals surface area contributed by atoms with E-state index < -0.39 is 11.6 Å². The lowest BCUT2D eigenvalue weighted by Crippen LogP contribution is -2.08. The summed E-state index contributed by atoms with van der Waals surface area (Å²) in [5.74, 6) is 0.611. The van der Waals surface area contributed by atoms with Gasteiger partial charge in [0, 0.05) is 28.0 Å². The normalized spacial score (nSPS) is 10.9. The molecule has 0 unspecified atom stereocenters. The summed E-state index contributed by atoms with van der Waals surface area (Å²) in [6, 6.07) is 10.5. The molecule has 8 heteroatoms. The fraction of sp³-hybridized carbons (Fsp3) is 0.208. The van der Waals surface area contributed by atoms with E-state index in [1.54, 1.807) is 31.7 Å². The molecule has 0 amide bonds. The minimum Gasteiger partial charge on any atom is -0.493 e. The second-order valence-corrected chi connectivity index (χ2v) is 8.07. The molecule has 0 spiro atoms. The molecule has 32 heavy (non-hydrogen) atoms. The van der Waals surface area contributed by atoms with E-state index in [0.717, 1.165) is 22.1 Å². The molecular formula is C24H21NO6S. The van der Waals surface area contributed by atoms with Crippen molar-refractivity contribution in [3.63, 3.8) is 0 Å². The van der Waals surface area contributed by atoms with Gasteiger partial charge >= 0.3 is 11.6 Å². The smallest absolute Gasteiger partial charge is 0.358 e. The van der Waals surface area contributed by atoms with Crippen molar-refractivity contribution in [3.8, 4) is 22.1 Å². The molecule has 0 bridgehead atoms. The minimum atomic E-state index is -0.571. The van der Waals surface area contributed by atoms with Crippen molar-refractivity contribution < 1.29 is 23.4 Å². The zero-order chi connectivity index (χ0) is 22.8. The van der Waals surface area contributed by atoms with E-state index in [1.165, 1.54) is 17.4 Å². The first-order chi connectivity index (χ1) is 15.4. The molecule has 2 aromatic carbocycles. The Balaban J connectivity index is 1.55. The van der Waals surface area contributed by atoms with Crippen LogP contribution in [0.2, 0.25) is 0 Å². The van der Waals surface area contributed by atoms with Crippen molar-refractivity contribution >= 4 is 28.3 Å². The SMILES string of the molecule is COc1ccc(-c2nc(C(=O)OCc3cc(=O)oc4cc(C)c(C)cc34)cs2)cc1OC. The number of carbonyl (C=O) groups is 1. The zero-order valence-corrected chi connectivity index (χ0v) is 18.9. The number of fused-ring (bicyclic) bond motifs is 1. The molecule has 2 heterocycles. The van der Waals surface area contributed by atoms with E-state index in [2.05, 4.69) is 4.98 Å². The number of rotatable bonds is 6. The number of esters is 1. The first-order valence-corrected chi connectivity index (χ1v) is 10.7. The van der Waals surface area contributed by atoms with Crippen LogP contribution in [0.1, 0.15) is 27.2 Å². The molecule has 4 rings (SSSR count). The van der Waals surface area contributed by atoms with Crippen LogP contribution in [0.5, 0.6) is 11.5 Å². The number of hydrogen-bond acceptors (Lipinski definition) is 8.